The van der Waals surface area contributed by atoms with Crippen molar-refractivity contribution in [3.63, 3.8) is 0 Å². The Balaban J connectivity index is 2.77. The Labute approximate surface area is 112 Å². The van der Waals surface area contributed by atoms with E-state index in [-0.39, 0.29) is 12.5 Å². The SMILES string of the molecule is COCC(=O)Nc1cccc(C(=O)OC(C)(C)C)c1. The molecule has 0 radical (unpaired) electrons. The Morgan fingerprint density at radius 1 is 1.26 bits per heavy atom. The number of rotatable bonds is 4. The summed E-state index contributed by atoms with van der Waals surface area (Å²) >= 11 is 0. The zero-order valence-corrected chi connectivity index (χ0v) is 11.6. The van der Waals surface area contributed by atoms with Gasteiger partial charge in [-0.25, -0.2) is 4.79 Å². The van der Waals surface area contributed by atoms with Gasteiger partial charge in [0.2, 0.25) is 5.91 Å². The molecule has 5 nitrogen and oxygen atoms in total. The van der Waals surface area contributed by atoms with Gasteiger partial charge in [0.1, 0.15) is 12.2 Å². The second-order valence-electron chi connectivity index (χ2n) is 5.06. The van der Waals surface area contributed by atoms with Crippen molar-refractivity contribution in [3.8, 4) is 0 Å². The Morgan fingerprint density at radius 3 is 2.53 bits per heavy atom. The van der Waals surface area contributed by atoms with Crippen LogP contribution < -0.4 is 5.32 Å². The van der Waals surface area contributed by atoms with E-state index in [4.69, 9.17) is 9.47 Å². The highest BCUT2D eigenvalue weighted by atomic mass is 16.6. The van der Waals surface area contributed by atoms with Gasteiger partial charge in [0.15, 0.2) is 0 Å². The van der Waals surface area contributed by atoms with Crippen molar-refractivity contribution in [3.05, 3.63) is 29.8 Å². The molecule has 1 amide bonds. The molecule has 0 heterocycles. The summed E-state index contributed by atoms with van der Waals surface area (Å²) in [4.78, 5) is 23.2. The molecule has 0 saturated heterocycles. The van der Waals surface area contributed by atoms with Crippen LogP contribution >= 0.6 is 0 Å². The summed E-state index contributed by atoms with van der Waals surface area (Å²) < 4.78 is 9.97. The van der Waals surface area contributed by atoms with Crippen LogP contribution in [0, 0.1) is 0 Å². The van der Waals surface area contributed by atoms with Gasteiger partial charge in [-0.1, -0.05) is 6.07 Å². The van der Waals surface area contributed by atoms with Crippen molar-refractivity contribution >= 4 is 17.6 Å². The van der Waals surface area contributed by atoms with Crippen molar-refractivity contribution in [2.24, 2.45) is 0 Å². The number of ether oxygens (including phenoxy) is 2. The van der Waals surface area contributed by atoms with E-state index in [1.54, 1.807) is 45.0 Å². The third-order valence-corrected chi connectivity index (χ3v) is 2.06. The van der Waals surface area contributed by atoms with Gasteiger partial charge in [0.05, 0.1) is 5.56 Å². The van der Waals surface area contributed by atoms with Crippen molar-refractivity contribution in [2.45, 2.75) is 26.4 Å². The average molecular weight is 265 g/mol. The number of methoxy groups -OCH3 is 1. The highest BCUT2D eigenvalue weighted by Crippen LogP contribution is 2.15. The standard InChI is InChI=1S/C14H19NO4/c1-14(2,3)19-13(17)10-6-5-7-11(8-10)15-12(16)9-18-4/h5-8H,9H2,1-4H3,(H,15,16). The third-order valence-electron chi connectivity index (χ3n) is 2.06. The van der Waals surface area contributed by atoms with Crippen LogP contribution in [0.4, 0.5) is 5.69 Å². The van der Waals surface area contributed by atoms with Crippen LogP contribution in [0.2, 0.25) is 0 Å². The first-order valence-electron chi connectivity index (χ1n) is 5.94. The largest absolute Gasteiger partial charge is 0.456 e. The number of carbonyl (C=O) groups excluding carboxylic acids is 2. The number of carbonyl (C=O) groups is 2. The lowest BCUT2D eigenvalue weighted by Gasteiger charge is -2.19. The molecule has 0 spiro atoms. The predicted octanol–water partition coefficient (Wildman–Crippen LogP) is 2.23. The van der Waals surface area contributed by atoms with E-state index in [9.17, 15) is 9.59 Å². The zero-order valence-electron chi connectivity index (χ0n) is 11.6. The van der Waals surface area contributed by atoms with E-state index in [0.29, 0.717) is 11.3 Å². The maximum atomic E-state index is 11.9. The van der Waals surface area contributed by atoms with Crippen LogP contribution in [0.25, 0.3) is 0 Å². The average Bonchev–Trinajstić information content (AvgIpc) is 2.27. The minimum absolute atomic E-state index is 0.0311. The minimum Gasteiger partial charge on any atom is -0.456 e. The van der Waals surface area contributed by atoms with Gasteiger partial charge in [-0.05, 0) is 39.0 Å². The molecular formula is C14H19NO4. The van der Waals surface area contributed by atoms with Gasteiger partial charge in [-0.3, -0.25) is 4.79 Å². The lowest BCUT2D eigenvalue weighted by molar-refractivity contribution is -0.119. The van der Waals surface area contributed by atoms with Crippen LogP contribution in [0.15, 0.2) is 24.3 Å². The fourth-order valence-electron chi connectivity index (χ4n) is 1.39. The van der Waals surface area contributed by atoms with Crippen LogP contribution in [-0.2, 0) is 14.3 Å². The number of benzene rings is 1. The molecule has 1 aromatic rings. The zero-order chi connectivity index (χ0) is 14.5. The molecule has 0 aliphatic heterocycles. The van der Waals surface area contributed by atoms with E-state index in [1.165, 1.54) is 7.11 Å². The van der Waals surface area contributed by atoms with Crippen molar-refractivity contribution < 1.29 is 19.1 Å². The van der Waals surface area contributed by atoms with Gasteiger partial charge in [0, 0.05) is 12.8 Å². The summed E-state index contributed by atoms with van der Waals surface area (Å²) in [6.07, 6.45) is 0. The predicted molar refractivity (Wildman–Crippen MR) is 72.1 cm³/mol. The molecule has 0 fully saturated rings. The molecule has 5 heteroatoms. The minimum atomic E-state index is -0.549. The first kappa shape index (κ1) is 15.2. The van der Waals surface area contributed by atoms with Crippen LogP contribution in [0.3, 0.4) is 0 Å². The number of esters is 1. The van der Waals surface area contributed by atoms with Crippen molar-refractivity contribution in [1.82, 2.24) is 0 Å². The van der Waals surface area contributed by atoms with Gasteiger partial charge in [-0.2, -0.15) is 0 Å². The summed E-state index contributed by atoms with van der Waals surface area (Å²) in [5.74, 6) is -0.695. The van der Waals surface area contributed by atoms with Gasteiger partial charge in [-0.15, -0.1) is 0 Å². The van der Waals surface area contributed by atoms with E-state index in [1.807, 2.05) is 0 Å². The summed E-state index contributed by atoms with van der Waals surface area (Å²) in [6.45, 7) is 5.37. The molecule has 104 valence electrons. The molecule has 1 rings (SSSR count). The molecule has 19 heavy (non-hydrogen) atoms. The number of nitrogens with one attached hydrogen (secondary N) is 1. The first-order valence-corrected chi connectivity index (χ1v) is 5.94. The maximum Gasteiger partial charge on any atom is 0.338 e. The highest BCUT2D eigenvalue weighted by molar-refractivity contribution is 5.95. The number of amides is 1. The number of anilines is 1. The fourth-order valence-corrected chi connectivity index (χ4v) is 1.39. The molecule has 0 aliphatic carbocycles. The molecule has 0 aromatic heterocycles. The fraction of sp³-hybridized carbons (Fsp3) is 0.429. The van der Waals surface area contributed by atoms with E-state index < -0.39 is 11.6 Å². The van der Waals surface area contributed by atoms with E-state index in [2.05, 4.69) is 5.32 Å². The van der Waals surface area contributed by atoms with Crippen LogP contribution in [0.1, 0.15) is 31.1 Å². The quantitative estimate of drug-likeness (QED) is 0.848. The van der Waals surface area contributed by atoms with Gasteiger partial charge < -0.3 is 14.8 Å². The Kier molecular flexibility index (Phi) is 5.06. The van der Waals surface area contributed by atoms with E-state index in [0.717, 1.165) is 0 Å². The second-order valence-corrected chi connectivity index (χ2v) is 5.06. The molecule has 0 bridgehead atoms. The molecule has 1 aromatic carbocycles. The summed E-state index contributed by atoms with van der Waals surface area (Å²) in [5, 5.41) is 2.63. The van der Waals surface area contributed by atoms with Crippen molar-refractivity contribution in [1.29, 1.82) is 0 Å². The van der Waals surface area contributed by atoms with Crippen molar-refractivity contribution in [2.75, 3.05) is 19.0 Å². The Bertz CT molecular complexity index is 463. The summed E-state index contributed by atoms with van der Waals surface area (Å²) in [6, 6.07) is 6.59. The first-order chi connectivity index (χ1) is 8.81. The molecule has 0 aliphatic rings. The molecule has 0 unspecified atom stereocenters. The lowest BCUT2D eigenvalue weighted by Crippen LogP contribution is -2.24. The second kappa shape index (κ2) is 6.33. The monoisotopic (exact) mass is 265 g/mol. The molecular weight excluding hydrogens is 246 g/mol. The molecule has 0 saturated carbocycles. The highest BCUT2D eigenvalue weighted by Gasteiger charge is 2.18. The van der Waals surface area contributed by atoms with Crippen LogP contribution in [0.5, 0.6) is 0 Å². The smallest absolute Gasteiger partial charge is 0.338 e. The molecule has 0 atom stereocenters. The van der Waals surface area contributed by atoms with Gasteiger partial charge in [0.25, 0.3) is 0 Å². The maximum absolute atomic E-state index is 11.9. The van der Waals surface area contributed by atoms with E-state index >= 15 is 0 Å². The summed E-state index contributed by atoms with van der Waals surface area (Å²) in [5.41, 5.74) is 0.377. The Hall–Kier alpha value is -1.88. The summed E-state index contributed by atoms with van der Waals surface area (Å²) in [7, 11) is 1.44. The third kappa shape index (κ3) is 5.52. The van der Waals surface area contributed by atoms with Gasteiger partial charge >= 0.3 is 5.97 Å². The number of hydrogen-bond acceptors (Lipinski definition) is 4. The lowest BCUT2D eigenvalue weighted by atomic mass is 10.1. The van der Waals surface area contributed by atoms with Crippen LogP contribution in [-0.4, -0.2) is 31.2 Å². The number of hydrogen-bond donors (Lipinski definition) is 1. The topological polar surface area (TPSA) is 64.6 Å². The Morgan fingerprint density at radius 2 is 1.95 bits per heavy atom. The molecule has 1 N–H and O–H groups in total. The normalized spacial score (nSPS) is 10.9.